The van der Waals surface area contributed by atoms with Crippen LogP contribution in [0.3, 0.4) is 0 Å². The lowest BCUT2D eigenvalue weighted by Gasteiger charge is -2.25. The highest BCUT2D eigenvalue weighted by Gasteiger charge is 2.49. The molecule has 142 valence electrons. The first-order valence-corrected chi connectivity index (χ1v) is 8.35. The molecule has 1 aromatic rings. The number of oxime groups is 1. The third kappa shape index (κ3) is 4.07. The molecule has 0 aromatic heterocycles. The fourth-order valence-electron chi connectivity index (χ4n) is 2.66. The van der Waals surface area contributed by atoms with Crippen molar-refractivity contribution in [2.45, 2.75) is 44.8 Å². The Bertz CT molecular complexity index is 718. The number of benzene rings is 1. The van der Waals surface area contributed by atoms with Crippen molar-refractivity contribution in [3.05, 3.63) is 23.8 Å². The monoisotopic (exact) mass is 364 g/mol. The van der Waals surface area contributed by atoms with E-state index in [1.54, 1.807) is 25.3 Å². The second-order valence-corrected chi connectivity index (χ2v) is 6.22. The molecule has 1 amide bonds. The Morgan fingerprint density at radius 1 is 1.38 bits per heavy atom. The maximum atomic E-state index is 12.7. The predicted octanol–water partition coefficient (Wildman–Crippen LogP) is 1.96. The highest BCUT2D eigenvalue weighted by Crippen LogP contribution is 2.34. The average molecular weight is 364 g/mol. The van der Waals surface area contributed by atoms with Crippen molar-refractivity contribution >= 4 is 17.6 Å². The van der Waals surface area contributed by atoms with Crippen LogP contribution in [-0.2, 0) is 14.4 Å². The molecule has 0 saturated carbocycles. The normalized spacial score (nSPS) is 19.9. The van der Waals surface area contributed by atoms with Crippen LogP contribution in [0.5, 0.6) is 11.5 Å². The van der Waals surface area contributed by atoms with Crippen LogP contribution < -0.4 is 14.8 Å². The van der Waals surface area contributed by atoms with Crippen LogP contribution in [0, 0.1) is 0 Å². The lowest BCUT2D eigenvalue weighted by Crippen LogP contribution is -2.51. The number of rotatable bonds is 8. The smallest absolute Gasteiger partial charge is 0.308 e. The van der Waals surface area contributed by atoms with Gasteiger partial charge in [0.05, 0.1) is 26.4 Å². The Morgan fingerprint density at radius 3 is 2.69 bits per heavy atom. The highest BCUT2D eigenvalue weighted by atomic mass is 16.7. The summed E-state index contributed by atoms with van der Waals surface area (Å²) in [6.07, 6.45) is 0.264. The van der Waals surface area contributed by atoms with Crippen molar-refractivity contribution in [3.8, 4) is 11.5 Å². The number of carboxylic acids is 1. The van der Waals surface area contributed by atoms with Gasteiger partial charge < -0.3 is 24.7 Å². The van der Waals surface area contributed by atoms with Crippen molar-refractivity contribution in [2.24, 2.45) is 5.16 Å². The molecule has 1 aromatic carbocycles. The van der Waals surface area contributed by atoms with Crippen LogP contribution in [0.1, 0.15) is 38.7 Å². The van der Waals surface area contributed by atoms with E-state index in [0.29, 0.717) is 22.8 Å². The van der Waals surface area contributed by atoms with E-state index < -0.39 is 23.9 Å². The third-order valence-corrected chi connectivity index (χ3v) is 4.34. The Hall–Kier alpha value is -2.77. The number of hydrogen-bond donors (Lipinski definition) is 2. The maximum Gasteiger partial charge on any atom is 0.308 e. The van der Waals surface area contributed by atoms with Crippen molar-refractivity contribution in [1.29, 1.82) is 0 Å². The number of ether oxygens (including phenoxy) is 2. The molecule has 1 aliphatic rings. The fourth-order valence-corrected chi connectivity index (χ4v) is 2.66. The van der Waals surface area contributed by atoms with E-state index in [4.69, 9.17) is 14.3 Å². The predicted molar refractivity (Wildman–Crippen MR) is 94.7 cm³/mol. The van der Waals surface area contributed by atoms with E-state index in [1.165, 1.54) is 7.11 Å². The average Bonchev–Trinajstić information content (AvgIpc) is 3.05. The van der Waals surface area contributed by atoms with E-state index in [0.717, 1.165) is 6.42 Å². The summed E-state index contributed by atoms with van der Waals surface area (Å²) in [6, 6.07) is 5.06. The van der Waals surface area contributed by atoms with E-state index in [-0.39, 0.29) is 12.5 Å². The van der Waals surface area contributed by atoms with Crippen LogP contribution in [-0.4, -0.2) is 48.6 Å². The first-order valence-electron chi connectivity index (χ1n) is 8.35. The van der Waals surface area contributed by atoms with Gasteiger partial charge in [0.2, 0.25) is 5.60 Å². The molecule has 1 heterocycles. The van der Waals surface area contributed by atoms with Crippen LogP contribution in [0.15, 0.2) is 23.4 Å². The first-order chi connectivity index (χ1) is 12.3. The van der Waals surface area contributed by atoms with Gasteiger partial charge in [0.1, 0.15) is 11.5 Å². The molecule has 0 saturated heterocycles. The minimum atomic E-state index is -1.57. The van der Waals surface area contributed by atoms with Crippen molar-refractivity contribution in [1.82, 2.24) is 5.32 Å². The zero-order chi connectivity index (χ0) is 19.3. The minimum absolute atomic E-state index is 0.0320. The molecule has 0 fully saturated rings. The van der Waals surface area contributed by atoms with E-state index in [9.17, 15) is 14.7 Å². The summed E-state index contributed by atoms with van der Waals surface area (Å²) >= 11 is 0. The molecule has 0 aliphatic carbocycles. The summed E-state index contributed by atoms with van der Waals surface area (Å²) in [5, 5.41) is 16.0. The largest absolute Gasteiger partial charge is 0.497 e. The van der Waals surface area contributed by atoms with E-state index in [1.807, 2.05) is 13.8 Å². The molecule has 2 N–H and O–H groups in total. The molecule has 2 rings (SSSR count). The summed E-state index contributed by atoms with van der Waals surface area (Å²) in [4.78, 5) is 29.4. The van der Waals surface area contributed by atoms with E-state index >= 15 is 0 Å². The fraction of sp³-hybridized carbons (Fsp3) is 0.500. The number of methoxy groups -OCH3 is 2. The Labute approximate surface area is 152 Å². The van der Waals surface area contributed by atoms with Gasteiger partial charge in [-0.05, 0) is 25.5 Å². The molecule has 8 nitrogen and oxygen atoms in total. The second-order valence-electron chi connectivity index (χ2n) is 6.22. The summed E-state index contributed by atoms with van der Waals surface area (Å²) in [5.74, 6) is -0.514. The van der Waals surface area contributed by atoms with Crippen molar-refractivity contribution in [2.75, 3.05) is 14.2 Å². The van der Waals surface area contributed by atoms with Crippen molar-refractivity contribution in [3.63, 3.8) is 0 Å². The van der Waals surface area contributed by atoms with Gasteiger partial charge in [-0.15, -0.1) is 0 Å². The minimum Gasteiger partial charge on any atom is -0.497 e. The van der Waals surface area contributed by atoms with Gasteiger partial charge in [0, 0.05) is 24.1 Å². The van der Waals surface area contributed by atoms with Gasteiger partial charge >= 0.3 is 5.97 Å². The number of carboxylic acid groups (broad SMARTS) is 1. The Balaban J connectivity index is 2.30. The van der Waals surface area contributed by atoms with Crippen molar-refractivity contribution < 1.29 is 29.0 Å². The zero-order valence-electron chi connectivity index (χ0n) is 15.4. The van der Waals surface area contributed by atoms with Crippen LogP contribution in [0.2, 0.25) is 0 Å². The topological polar surface area (TPSA) is 106 Å². The Kier molecular flexibility index (Phi) is 6.07. The molecule has 2 atom stereocenters. The molecular formula is C18H24N2O6. The highest BCUT2D eigenvalue weighted by molar-refractivity contribution is 6.08. The lowest BCUT2D eigenvalue weighted by atomic mass is 9.89. The Morgan fingerprint density at radius 2 is 2.12 bits per heavy atom. The summed E-state index contributed by atoms with van der Waals surface area (Å²) in [7, 11) is 3.05. The number of aliphatic carboxylic acids is 1. The molecule has 1 aliphatic heterocycles. The molecule has 0 spiro atoms. The number of nitrogens with one attached hydrogen (secondary N) is 1. The van der Waals surface area contributed by atoms with E-state index in [2.05, 4.69) is 10.5 Å². The second kappa shape index (κ2) is 8.07. The van der Waals surface area contributed by atoms with Gasteiger partial charge in [-0.25, -0.2) is 0 Å². The van der Waals surface area contributed by atoms with Gasteiger partial charge in [-0.3, -0.25) is 9.59 Å². The molecular weight excluding hydrogens is 340 g/mol. The van der Waals surface area contributed by atoms with Gasteiger partial charge in [-0.1, -0.05) is 12.1 Å². The van der Waals surface area contributed by atoms with Gasteiger partial charge in [-0.2, -0.15) is 0 Å². The summed E-state index contributed by atoms with van der Waals surface area (Å²) in [6.45, 7) is 3.77. The number of hydrogen-bond acceptors (Lipinski definition) is 6. The summed E-state index contributed by atoms with van der Waals surface area (Å²) < 4.78 is 10.5. The molecule has 0 bridgehead atoms. The lowest BCUT2D eigenvalue weighted by molar-refractivity contribution is -0.156. The molecule has 26 heavy (non-hydrogen) atoms. The van der Waals surface area contributed by atoms with Crippen LogP contribution in [0.25, 0.3) is 0 Å². The quantitative estimate of drug-likeness (QED) is 0.730. The van der Waals surface area contributed by atoms with Gasteiger partial charge in [0.25, 0.3) is 5.91 Å². The molecule has 2 unspecified atom stereocenters. The number of amides is 1. The number of carbonyl (C=O) groups excluding carboxylic acids is 1. The van der Waals surface area contributed by atoms with Crippen LogP contribution >= 0.6 is 0 Å². The molecule has 8 heteroatoms. The third-order valence-electron chi connectivity index (χ3n) is 4.34. The maximum absolute atomic E-state index is 12.7. The SMILES string of the molecule is CCC(C)NC(=O)C1(CC(=O)O)CC(c2ccc(OC)cc2OC)=NO1. The van der Waals surface area contributed by atoms with Crippen LogP contribution in [0.4, 0.5) is 0 Å². The number of carbonyl (C=O) groups is 2. The summed E-state index contributed by atoms with van der Waals surface area (Å²) in [5.41, 5.74) is -0.503. The molecule has 0 radical (unpaired) electrons. The zero-order valence-corrected chi connectivity index (χ0v) is 15.4. The number of nitrogens with zero attached hydrogens (tertiary/aromatic N) is 1. The standard InChI is InChI=1S/C18H24N2O6/c1-5-11(2)19-17(23)18(10-16(21)22)9-14(20-26-18)13-7-6-12(24-3)8-15(13)25-4/h6-8,11H,5,9-10H2,1-4H3,(H,19,23)(H,21,22). The van der Waals surface area contributed by atoms with Gasteiger partial charge in [0.15, 0.2) is 0 Å². The first kappa shape index (κ1) is 19.6.